The van der Waals surface area contributed by atoms with E-state index in [1.165, 1.54) is 6.33 Å². The first-order valence-corrected chi connectivity index (χ1v) is 8.16. The van der Waals surface area contributed by atoms with Crippen molar-refractivity contribution >= 4 is 5.97 Å². The number of carbonyl (C=O) groups excluding carboxylic acids is 1. The van der Waals surface area contributed by atoms with E-state index < -0.39 is 0 Å². The molecule has 1 unspecified atom stereocenters. The second-order valence-electron chi connectivity index (χ2n) is 6.11. The molecule has 0 amide bonds. The zero-order chi connectivity index (χ0) is 17.2. The van der Waals surface area contributed by atoms with E-state index in [1.807, 2.05) is 19.1 Å². The summed E-state index contributed by atoms with van der Waals surface area (Å²) in [6.45, 7) is 1.88. The summed E-state index contributed by atoms with van der Waals surface area (Å²) in [7, 11) is 0. The first kappa shape index (κ1) is 15.4. The minimum Gasteiger partial charge on any atom is -0.450 e. The molecule has 1 aromatic carbocycles. The van der Waals surface area contributed by atoms with Gasteiger partial charge >= 0.3 is 5.97 Å². The Kier molecular flexibility index (Phi) is 3.97. The number of hydrogen-bond donors (Lipinski definition) is 0. The number of carbonyl (C=O) groups is 1. The van der Waals surface area contributed by atoms with Gasteiger partial charge in [0.1, 0.15) is 12.7 Å². The van der Waals surface area contributed by atoms with Gasteiger partial charge in [-0.3, -0.25) is 0 Å². The van der Waals surface area contributed by atoms with Gasteiger partial charge in [0.05, 0.1) is 11.3 Å². The highest BCUT2D eigenvalue weighted by atomic mass is 16.5. The van der Waals surface area contributed by atoms with E-state index in [4.69, 9.17) is 4.74 Å². The number of esters is 1. The fourth-order valence-electron chi connectivity index (χ4n) is 2.76. The van der Waals surface area contributed by atoms with Gasteiger partial charge in [0.2, 0.25) is 0 Å². The van der Waals surface area contributed by atoms with Gasteiger partial charge in [0, 0.05) is 18.3 Å². The predicted octanol–water partition coefficient (Wildman–Crippen LogP) is 2.67. The number of aryl methyl sites for hydroxylation is 1. The van der Waals surface area contributed by atoms with Crippen molar-refractivity contribution in [3.05, 3.63) is 66.3 Å². The van der Waals surface area contributed by atoms with Crippen LogP contribution in [0.5, 0.6) is 0 Å². The number of benzene rings is 1. The van der Waals surface area contributed by atoms with E-state index in [9.17, 15) is 4.79 Å². The van der Waals surface area contributed by atoms with Crippen LogP contribution < -0.4 is 0 Å². The molecule has 126 valence electrons. The summed E-state index contributed by atoms with van der Waals surface area (Å²) < 4.78 is 7.40. The third-order valence-corrected chi connectivity index (χ3v) is 4.24. The van der Waals surface area contributed by atoms with Crippen molar-refractivity contribution in [3.8, 4) is 5.69 Å². The van der Waals surface area contributed by atoms with Crippen molar-refractivity contribution in [2.24, 2.45) is 5.92 Å². The Morgan fingerprint density at radius 3 is 2.72 bits per heavy atom. The molecule has 1 aliphatic rings. The standard InChI is InChI=1S/C18H17N5O2/c1-12-9-14(23-11-19-10-22-23)5-6-15(12)18(24)25-16(13-3-4-13)17-20-7-2-8-21-17/h2,5-11,13,16H,3-4H2,1H3. The van der Waals surface area contributed by atoms with Gasteiger partial charge in [-0.05, 0) is 49.6 Å². The monoisotopic (exact) mass is 335 g/mol. The summed E-state index contributed by atoms with van der Waals surface area (Å²) in [5, 5.41) is 4.09. The lowest BCUT2D eigenvalue weighted by Crippen LogP contribution is -2.16. The zero-order valence-electron chi connectivity index (χ0n) is 13.7. The Labute approximate surface area is 144 Å². The minimum atomic E-state index is -0.386. The molecule has 2 aromatic heterocycles. The number of nitrogens with zero attached hydrogens (tertiary/aromatic N) is 5. The van der Waals surface area contributed by atoms with E-state index in [0.717, 1.165) is 24.1 Å². The highest BCUT2D eigenvalue weighted by Gasteiger charge is 2.37. The summed E-state index contributed by atoms with van der Waals surface area (Å²) in [6, 6.07) is 7.21. The van der Waals surface area contributed by atoms with E-state index in [1.54, 1.807) is 35.5 Å². The summed E-state index contributed by atoms with van der Waals surface area (Å²) >= 11 is 0. The Hall–Kier alpha value is -3.09. The van der Waals surface area contributed by atoms with E-state index in [0.29, 0.717) is 17.3 Å². The second kappa shape index (κ2) is 6.43. The molecule has 1 aliphatic carbocycles. The van der Waals surface area contributed by atoms with Crippen molar-refractivity contribution in [2.75, 3.05) is 0 Å². The summed E-state index contributed by atoms with van der Waals surface area (Å²) in [5.41, 5.74) is 2.20. The average molecular weight is 335 g/mol. The van der Waals surface area contributed by atoms with Crippen molar-refractivity contribution < 1.29 is 9.53 Å². The molecule has 0 spiro atoms. The Balaban J connectivity index is 1.56. The molecule has 7 heteroatoms. The summed E-state index contributed by atoms with van der Waals surface area (Å²) in [6.07, 6.45) is 8.09. The molecule has 1 saturated carbocycles. The normalized spacial score (nSPS) is 14.9. The molecule has 0 N–H and O–H groups in total. The van der Waals surface area contributed by atoms with Gasteiger partial charge in [0.25, 0.3) is 0 Å². The third-order valence-electron chi connectivity index (χ3n) is 4.24. The second-order valence-corrected chi connectivity index (χ2v) is 6.11. The van der Waals surface area contributed by atoms with E-state index >= 15 is 0 Å². The van der Waals surface area contributed by atoms with Crippen LogP contribution in [0.2, 0.25) is 0 Å². The zero-order valence-corrected chi connectivity index (χ0v) is 13.7. The van der Waals surface area contributed by atoms with Crippen LogP contribution in [0.4, 0.5) is 0 Å². The van der Waals surface area contributed by atoms with Crippen molar-refractivity contribution in [2.45, 2.75) is 25.9 Å². The van der Waals surface area contributed by atoms with E-state index in [2.05, 4.69) is 20.1 Å². The fourth-order valence-corrected chi connectivity index (χ4v) is 2.76. The molecule has 2 heterocycles. The van der Waals surface area contributed by atoms with Crippen molar-refractivity contribution in [3.63, 3.8) is 0 Å². The Bertz CT molecular complexity index is 876. The van der Waals surface area contributed by atoms with Crippen LogP contribution in [0.25, 0.3) is 5.69 Å². The summed E-state index contributed by atoms with van der Waals surface area (Å²) in [4.78, 5) is 25.1. The molecular weight excluding hydrogens is 318 g/mol. The topological polar surface area (TPSA) is 82.8 Å². The molecule has 7 nitrogen and oxygen atoms in total. The lowest BCUT2D eigenvalue weighted by atomic mass is 10.1. The quantitative estimate of drug-likeness (QED) is 0.667. The first-order chi connectivity index (χ1) is 12.2. The maximum Gasteiger partial charge on any atom is 0.339 e. The highest BCUT2D eigenvalue weighted by Crippen LogP contribution is 2.42. The molecule has 0 saturated heterocycles. The van der Waals surface area contributed by atoms with E-state index in [-0.39, 0.29) is 12.1 Å². The largest absolute Gasteiger partial charge is 0.450 e. The van der Waals surface area contributed by atoms with Crippen LogP contribution in [-0.2, 0) is 4.74 Å². The number of aromatic nitrogens is 5. The molecule has 4 rings (SSSR count). The van der Waals surface area contributed by atoms with Gasteiger partial charge in [0.15, 0.2) is 11.9 Å². The SMILES string of the molecule is Cc1cc(-n2cncn2)ccc1C(=O)OC(c1ncccn1)C1CC1. The number of ether oxygens (including phenoxy) is 1. The van der Waals surface area contributed by atoms with Crippen LogP contribution in [0.15, 0.2) is 49.3 Å². The number of hydrogen-bond acceptors (Lipinski definition) is 6. The van der Waals surface area contributed by atoms with Gasteiger partial charge < -0.3 is 4.74 Å². The molecular formula is C18H17N5O2. The third kappa shape index (κ3) is 3.26. The van der Waals surface area contributed by atoms with Crippen LogP contribution in [0, 0.1) is 12.8 Å². The molecule has 3 aromatic rings. The van der Waals surface area contributed by atoms with Gasteiger partial charge in [-0.15, -0.1) is 0 Å². The smallest absolute Gasteiger partial charge is 0.339 e. The molecule has 0 aliphatic heterocycles. The van der Waals surface area contributed by atoms with Gasteiger partial charge in [-0.25, -0.2) is 24.4 Å². The number of rotatable bonds is 5. The minimum absolute atomic E-state index is 0.307. The van der Waals surface area contributed by atoms with Gasteiger partial charge in [-0.1, -0.05) is 0 Å². The molecule has 1 atom stereocenters. The van der Waals surface area contributed by atoms with Crippen molar-refractivity contribution in [1.29, 1.82) is 0 Å². The lowest BCUT2D eigenvalue weighted by Gasteiger charge is -2.17. The average Bonchev–Trinajstić information content (AvgIpc) is 3.33. The van der Waals surface area contributed by atoms with Crippen molar-refractivity contribution in [1.82, 2.24) is 24.7 Å². The Morgan fingerprint density at radius 2 is 2.08 bits per heavy atom. The summed E-state index contributed by atoms with van der Waals surface area (Å²) in [5.74, 6) is 0.517. The molecule has 0 bridgehead atoms. The molecule has 1 fully saturated rings. The molecule has 25 heavy (non-hydrogen) atoms. The van der Waals surface area contributed by atoms with Crippen LogP contribution in [-0.4, -0.2) is 30.7 Å². The lowest BCUT2D eigenvalue weighted by molar-refractivity contribution is 0.0217. The predicted molar refractivity (Wildman–Crippen MR) is 89.0 cm³/mol. The molecule has 0 radical (unpaired) electrons. The Morgan fingerprint density at radius 1 is 1.28 bits per heavy atom. The van der Waals surface area contributed by atoms with Crippen LogP contribution in [0.3, 0.4) is 0 Å². The first-order valence-electron chi connectivity index (χ1n) is 8.16. The fraction of sp³-hybridized carbons (Fsp3) is 0.278. The highest BCUT2D eigenvalue weighted by molar-refractivity contribution is 5.91. The van der Waals surface area contributed by atoms with Crippen LogP contribution in [0.1, 0.15) is 40.7 Å². The maximum atomic E-state index is 12.7. The van der Waals surface area contributed by atoms with Crippen LogP contribution >= 0.6 is 0 Å². The maximum absolute atomic E-state index is 12.7. The van der Waals surface area contributed by atoms with Gasteiger partial charge in [-0.2, -0.15) is 5.10 Å².